The highest BCUT2D eigenvalue weighted by molar-refractivity contribution is 9.10. The van der Waals surface area contributed by atoms with Crippen molar-refractivity contribution in [2.24, 2.45) is 0 Å². The topological polar surface area (TPSA) is 323 Å². The van der Waals surface area contributed by atoms with Crippen LogP contribution in [0.4, 0.5) is 35.1 Å². The minimum Gasteiger partial charge on any atom is -0.506 e. The smallest absolute Gasteiger partial charge is 0.494 e. The molecule has 0 radical (unpaired) electrons. The zero-order valence-corrected chi connectivity index (χ0v) is 81.5. The van der Waals surface area contributed by atoms with E-state index >= 15 is 0 Å². The van der Waals surface area contributed by atoms with E-state index in [-0.39, 0.29) is 101 Å². The van der Waals surface area contributed by atoms with Gasteiger partial charge in [-0.05, 0) is 273 Å². The lowest BCUT2D eigenvalue weighted by molar-refractivity contribution is 0.00578. The molecule has 2 fully saturated rings. The van der Waals surface area contributed by atoms with E-state index in [9.17, 15) is 59.4 Å². The van der Waals surface area contributed by atoms with Gasteiger partial charge in [0, 0.05) is 95.1 Å². The molecule has 5 N–H and O–H groups in total. The van der Waals surface area contributed by atoms with E-state index in [1.807, 2.05) is 193 Å². The highest BCUT2D eigenvalue weighted by Crippen LogP contribution is 2.39. The molecule has 9 heterocycles. The standard InChI is InChI=1S/C27H26F2N4O2.C23H23BF2N2O3.C22H15F2N3O2.C13H19BO3.C10H6F2N2O.C5H4BrNO.C5H13NO/c1-32(2)11-4-12-35-24-7-8-25(30-17-24)20-6-3-5-19(13-20)18-33-27(34)10-9-26(31-33)21-14-22(28)16-23(29)15-21;1-22(2)23(3,4)31-24(30-22)17-7-5-6-15(10-17)14-28-21(29)9-8-20(27-28)16-11-18(25)13-19(26)12-16;23-17-9-16(10-18(24)11-17)21-6-7-22(29)27(26-21)13-14-2-1-3-15(8-14)20-5-4-19(28)12-25-20;1-12(2)13(3,4)17-14(16-12)11-7-5-6-10(8-11)9-15;11-7-3-6(4-8(12)5-7)9-1-2-10(15)14-13-9;6-5-2-1-4(8)3-7-5;1-6(2)4-3-5-7/h3,5-10,13-17H,4,11-12,18H2,1-2H3;5-13H,14H2,1-4H3;1-12,28H,13H2;5-8,15H,9H2,1-4H3;1-5H,(H,14,15);1-3,8H;7H,3-5H2,1-2H3. The van der Waals surface area contributed by atoms with Gasteiger partial charge >= 0.3 is 14.2 Å². The van der Waals surface area contributed by atoms with Crippen LogP contribution >= 0.6 is 15.9 Å². The summed E-state index contributed by atoms with van der Waals surface area (Å²) in [5, 5.41) is 54.2. The number of H-pyrrole nitrogens is 1. The third-order valence-electron chi connectivity index (χ3n) is 22.5. The molecule has 0 saturated carbocycles. The molecule has 2 aliphatic rings. The zero-order valence-electron chi connectivity index (χ0n) is 79.9. The summed E-state index contributed by atoms with van der Waals surface area (Å²) in [6.07, 6.45) is 6.25. The van der Waals surface area contributed by atoms with Crippen molar-refractivity contribution in [2.45, 2.75) is 117 Å². The fraction of sp³-hybridized carbons (Fsp3) is 0.248. The number of aromatic hydroxyl groups is 2. The number of aromatic nitrogens is 11. The van der Waals surface area contributed by atoms with Crippen molar-refractivity contribution in [2.75, 3.05) is 54.5 Å². The summed E-state index contributed by atoms with van der Waals surface area (Å²) in [6, 6.07) is 64.0. The molecule has 17 rings (SSSR count). The molecule has 8 aromatic carbocycles. The number of benzene rings is 8. The fourth-order valence-electron chi connectivity index (χ4n) is 13.8. The Morgan fingerprint density at radius 3 is 1.04 bits per heavy atom. The Kier molecular flexibility index (Phi) is 38.0. The third kappa shape index (κ3) is 31.9. The molecule has 26 nitrogen and oxygen atoms in total. The Balaban J connectivity index is 0.000000167. The predicted octanol–water partition coefficient (Wildman–Crippen LogP) is 16.8. The fourth-order valence-corrected chi connectivity index (χ4v) is 14.0. The minimum absolute atomic E-state index is 0.0351. The summed E-state index contributed by atoms with van der Waals surface area (Å²) in [4.78, 5) is 64.3. The van der Waals surface area contributed by atoms with Gasteiger partial charge in [-0.2, -0.15) is 20.4 Å². The van der Waals surface area contributed by atoms with Crippen molar-refractivity contribution in [1.29, 1.82) is 0 Å². The van der Waals surface area contributed by atoms with Gasteiger partial charge in [0.25, 0.3) is 22.2 Å². The number of aliphatic hydroxyl groups is 2. The van der Waals surface area contributed by atoms with Crippen molar-refractivity contribution in [3.63, 3.8) is 0 Å². The minimum atomic E-state index is -0.714. The van der Waals surface area contributed by atoms with Crippen LogP contribution in [0.1, 0.15) is 90.5 Å². The van der Waals surface area contributed by atoms with Crippen molar-refractivity contribution >= 4 is 41.1 Å². The molecule has 2 saturated heterocycles. The second-order valence-electron chi connectivity index (χ2n) is 35.3. The summed E-state index contributed by atoms with van der Waals surface area (Å²) in [5.74, 6) is -4.63. The number of hydrogen-bond acceptors (Lipinski definition) is 22. The molecule has 2 aliphatic heterocycles. The van der Waals surface area contributed by atoms with Gasteiger partial charge < -0.3 is 53.6 Å². The van der Waals surface area contributed by atoms with Crippen molar-refractivity contribution in [1.82, 2.24) is 64.3 Å². The number of hydrogen-bond donors (Lipinski definition) is 5. The van der Waals surface area contributed by atoms with Gasteiger partial charge in [0.15, 0.2) is 0 Å². The van der Waals surface area contributed by atoms with E-state index < -0.39 is 64.9 Å². The highest BCUT2D eigenvalue weighted by Gasteiger charge is 2.53. The van der Waals surface area contributed by atoms with Crippen LogP contribution in [0, 0.1) is 46.5 Å². The maximum absolute atomic E-state index is 13.6. The first kappa shape index (κ1) is 108. The Morgan fingerprint density at radius 1 is 0.373 bits per heavy atom. The second-order valence-corrected chi connectivity index (χ2v) is 36.1. The van der Waals surface area contributed by atoms with E-state index in [1.54, 1.807) is 30.5 Å². The number of ether oxygens (including phenoxy) is 1. The molecule has 7 aromatic heterocycles. The molecule has 0 unspecified atom stereocenters. The molecule has 738 valence electrons. The molecular weight excluding hydrogens is 1900 g/mol. The molecule has 142 heavy (non-hydrogen) atoms. The van der Waals surface area contributed by atoms with Crippen LogP contribution in [-0.4, -0.2) is 176 Å². The van der Waals surface area contributed by atoms with Gasteiger partial charge in [0.05, 0.1) is 108 Å². The summed E-state index contributed by atoms with van der Waals surface area (Å²) in [6.45, 7) is 19.5. The first-order valence-corrected chi connectivity index (χ1v) is 45.5. The number of nitrogens with zero attached hydrogens (tertiary/aromatic N) is 12. The number of rotatable bonds is 23. The van der Waals surface area contributed by atoms with Crippen molar-refractivity contribution in [3.05, 3.63) is 388 Å². The largest absolute Gasteiger partial charge is 0.506 e. The molecule has 15 aromatic rings. The Bertz CT molecular complexity index is 6880. The monoisotopic (exact) mass is 2010 g/mol. The van der Waals surface area contributed by atoms with Gasteiger partial charge in [-0.25, -0.2) is 59.3 Å². The molecule has 37 heteroatoms. The third-order valence-corrected chi connectivity index (χ3v) is 22.9. The normalized spacial score (nSPS) is 13.4. The lowest BCUT2D eigenvalue weighted by Crippen LogP contribution is -2.41. The molecule has 0 aliphatic carbocycles. The first-order chi connectivity index (χ1) is 67.4. The molecule has 0 bridgehead atoms. The van der Waals surface area contributed by atoms with Crippen LogP contribution in [0.2, 0.25) is 0 Å². The van der Waals surface area contributed by atoms with Crippen LogP contribution in [0.5, 0.6) is 17.2 Å². The van der Waals surface area contributed by atoms with E-state index in [0.717, 1.165) is 129 Å². The SMILES string of the molecule is CC1(C)OB(c2cccc(CO)c2)OC1(C)C.CC1(C)OB(c2cccc(Cn3nc(-c4cc(F)cc(F)c4)ccc3=O)c2)OC1(C)C.CN(C)CCCO.CN(C)CCCOc1ccc(-c2cccc(Cn3nc(-c4cc(F)cc(F)c4)ccc3=O)c2)nc1.O=c1ccc(-c2cc(F)cc(F)c2)n[nH]1.O=c1ccc(-c2cc(F)cc(F)c2)nn1Cc1cccc(-c2ccc(O)cn2)c1.Oc1ccc(Br)nc1. The van der Waals surface area contributed by atoms with Crippen molar-refractivity contribution < 1.29 is 78.9 Å². The van der Waals surface area contributed by atoms with E-state index in [4.69, 9.17) is 38.7 Å². The number of nitrogens with one attached hydrogen (secondary N) is 1. The molecular formula is C105H106B2BrF8N13O13. The summed E-state index contributed by atoms with van der Waals surface area (Å²) in [5.41, 5.74) is 7.65. The van der Waals surface area contributed by atoms with Crippen LogP contribution < -0.4 is 37.9 Å². The number of halogens is 9. The Hall–Kier alpha value is -14.1. The van der Waals surface area contributed by atoms with E-state index in [2.05, 4.69) is 66.2 Å². The zero-order chi connectivity index (χ0) is 103. The quantitative estimate of drug-likeness (QED) is 0.0172. The maximum atomic E-state index is 13.6. The molecule has 0 atom stereocenters. The van der Waals surface area contributed by atoms with Crippen molar-refractivity contribution in [3.8, 4) is 84.8 Å². The van der Waals surface area contributed by atoms with Crippen LogP contribution in [-0.2, 0) is 44.9 Å². The summed E-state index contributed by atoms with van der Waals surface area (Å²) >= 11 is 3.12. The Labute approximate surface area is 824 Å². The van der Waals surface area contributed by atoms with Gasteiger partial charge in [-0.3, -0.25) is 29.1 Å². The second kappa shape index (κ2) is 49.8. The van der Waals surface area contributed by atoms with Crippen LogP contribution in [0.15, 0.2) is 297 Å². The van der Waals surface area contributed by atoms with Gasteiger partial charge in [0.2, 0.25) is 0 Å². The Morgan fingerprint density at radius 2 is 0.711 bits per heavy atom. The maximum Gasteiger partial charge on any atom is 0.494 e. The number of aliphatic hydroxyl groups excluding tert-OH is 2. The summed E-state index contributed by atoms with van der Waals surface area (Å²) in [7, 11) is 7.17. The molecule has 0 amide bonds. The summed E-state index contributed by atoms with van der Waals surface area (Å²) < 4.78 is 141. The molecule has 0 spiro atoms. The highest BCUT2D eigenvalue weighted by atomic mass is 79.9. The van der Waals surface area contributed by atoms with Crippen LogP contribution in [0.25, 0.3) is 67.5 Å². The van der Waals surface area contributed by atoms with Gasteiger partial charge in [0.1, 0.15) is 68.4 Å². The average Bonchev–Trinajstić information content (AvgIpc) is 1.62. The van der Waals surface area contributed by atoms with E-state index in [1.165, 1.54) is 99.2 Å². The lowest BCUT2D eigenvalue weighted by Gasteiger charge is -2.32. The number of pyridine rings is 3. The first-order valence-electron chi connectivity index (χ1n) is 44.7. The average molecular weight is 2010 g/mol. The van der Waals surface area contributed by atoms with E-state index in [0.29, 0.717) is 47.4 Å². The van der Waals surface area contributed by atoms with Gasteiger partial charge in [-0.1, -0.05) is 84.9 Å². The number of aromatic amines is 1. The lowest BCUT2D eigenvalue weighted by atomic mass is 9.78. The van der Waals surface area contributed by atoms with Crippen LogP contribution in [0.3, 0.4) is 0 Å². The predicted molar refractivity (Wildman–Crippen MR) is 533 cm³/mol. The van der Waals surface area contributed by atoms with Gasteiger partial charge in [-0.15, -0.1) is 0 Å².